The summed E-state index contributed by atoms with van der Waals surface area (Å²) in [7, 11) is 0. The van der Waals surface area contributed by atoms with E-state index in [-0.39, 0.29) is 24.4 Å². The monoisotopic (exact) mass is 516 g/mol. The number of amides is 1. The number of pyridine rings is 1. The van der Waals surface area contributed by atoms with E-state index in [1.54, 1.807) is 6.20 Å². The second-order valence-electron chi connectivity index (χ2n) is 8.65. The predicted octanol–water partition coefficient (Wildman–Crippen LogP) is 6.30. The topological polar surface area (TPSA) is 70.4 Å². The summed E-state index contributed by atoms with van der Waals surface area (Å²) in [6.07, 6.45) is 2.03. The van der Waals surface area contributed by atoms with E-state index in [9.17, 15) is 4.79 Å². The van der Waals surface area contributed by atoms with Crippen LogP contribution in [-0.2, 0) is 4.79 Å². The SMILES string of the molecule is Cc1ccc(-c2ccc(C3C(c4ccccn4)NC(=S)N3CCC(=O)Nc3ccccc3)o2)cc1Cl. The molecule has 2 atom stereocenters. The minimum absolute atomic E-state index is 0.0848. The van der Waals surface area contributed by atoms with Crippen molar-refractivity contribution in [3.63, 3.8) is 0 Å². The average Bonchev–Trinajstić information content (AvgIpc) is 3.50. The van der Waals surface area contributed by atoms with E-state index in [1.165, 1.54) is 0 Å². The first-order valence-corrected chi connectivity index (χ1v) is 12.5. The number of hydrogen-bond donors (Lipinski definition) is 2. The van der Waals surface area contributed by atoms with Crippen molar-refractivity contribution in [2.45, 2.75) is 25.4 Å². The van der Waals surface area contributed by atoms with Gasteiger partial charge in [0.05, 0.1) is 11.7 Å². The Kier molecular flexibility index (Phi) is 7.02. The second kappa shape index (κ2) is 10.5. The summed E-state index contributed by atoms with van der Waals surface area (Å²) in [5.74, 6) is 1.36. The van der Waals surface area contributed by atoms with Crippen LogP contribution >= 0.6 is 23.8 Å². The molecule has 2 unspecified atom stereocenters. The minimum Gasteiger partial charge on any atom is -0.459 e. The Hall–Kier alpha value is -3.68. The van der Waals surface area contributed by atoms with E-state index in [0.29, 0.717) is 22.4 Å². The van der Waals surface area contributed by atoms with Crippen LogP contribution in [0.25, 0.3) is 11.3 Å². The van der Waals surface area contributed by atoms with Crippen molar-refractivity contribution in [1.29, 1.82) is 0 Å². The number of aromatic nitrogens is 1. The number of anilines is 1. The molecule has 1 aliphatic heterocycles. The van der Waals surface area contributed by atoms with Gasteiger partial charge in [-0.25, -0.2) is 0 Å². The van der Waals surface area contributed by atoms with Crippen LogP contribution in [0.1, 0.15) is 35.5 Å². The van der Waals surface area contributed by atoms with Gasteiger partial charge < -0.3 is 20.0 Å². The fourth-order valence-corrected chi connectivity index (χ4v) is 4.85. The number of nitrogens with zero attached hydrogens (tertiary/aromatic N) is 2. The maximum Gasteiger partial charge on any atom is 0.226 e. The van der Waals surface area contributed by atoms with Gasteiger partial charge in [0, 0.05) is 35.4 Å². The molecule has 3 heterocycles. The Balaban J connectivity index is 1.41. The minimum atomic E-state index is -0.272. The molecule has 2 aromatic heterocycles. The molecule has 5 rings (SSSR count). The number of hydrogen-bond acceptors (Lipinski definition) is 4. The number of furan rings is 1. The summed E-state index contributed by atoms with van der Waals surface area (Å²) < 4.78 is 6.35. The van der Waals surface area contributed by atoms with Gasteiger partial charge in [0.15, 0.2) is 5.11 Å². The van der Waals surface area contributed by atoms with E-state index in [1.807, 2.05) is 90.7 Å². The smallest absolute Gasteiger partial charge is 0.226 e. The number of thiocarbonyl (C=S) groups is 1. The highest BCUT2D eigenvalue weighted by Crippen LogP contribution is 2.40. The van der Waals surface area contributed by atoms with Gasteiger partial charge in [-0.2, -0.15) is 0 Å². The summed E-state index contributed by atoms with van der Waals surface area (Å²) in [6, 6.07) is 24.5. The lowest BCUT2D eigenvalue weighted by Gasteiger charge is -2.25. The number of carbonyl (C=O) groups excluding carboxylic acids is 1. The largest absolute Gasteiger partial charge is 0.459 e. The van der Waals surface area contributed by atoms with E-state index in [4.69, 9.17) is 28.2 Å². The first-order chi connectivity index (χ1) is 17.5. The first-order valence-electron chi connectivity index (χ1n) is 11.7. The molecular weight excluding hydrogens is 492 g/mol. The molecule has 36 heavy (non-hydrogen) atoms. The molecule has 0 bridgehead atoms. The van der Waals surface area contributed by atoms with Crippen LogP contribution in [0, 0.1) is 6.92 Å². The Morgan fingerprint density at radius 1 is 1.11 bits per heavy atom. The fourth-order valence-electron chi connectivity index (χ4n) is 4.34. The number of nitrogens with one attached hydrogen (secondary N) is 2. The molecule has 2 N–H and O–H groups in total. The van der Waals surface area contributed by atoms with Gasteiger partial charge in [0.25, 0.3) is 0 Å². The molecule has 1 fully saturated rings. The highest BCUT2D eigenvalue weighted by atomic mass is 35.5. The molecule has 6 nitrogen and oxygen atoms in total. The highest BCUT2D eigenvalue weighted by Gasteiger charge is 2.41. The van der Waals surface area contributed by atoms with Crippen molar-refractivity contribution >= 4 is 40.5 Å². The van der Waals surface area contributed by atoms with E-state index < -0.39 is 0 Å². The summed E-state index contributed by atoms with van der Waals surface area (Å²) in [4.78, 5) is 19.2. The lowest BCUT2D eigenvalue weighted by atomic mass is 10.0. The van der Waals surface area contributed by atoms with Gasteiger partial charge in [-0.05, 0) is 67.2 Å². The number of aryl methyl sites for hydroxylation is 1. The third kappa shape index (κ3) is 5.12. The molecule has 2 aromatic carbocycles. The predicted molar refractivity (Wildman–Crippen MR) is 146 cm³/mol. The molecule has 0 spiro atoms. The maximum atomic E-state index is 12.7. The zero-order valence-corrected chi connectivity index (χ0v) is 21.2. The normalized spacial score (nSPS) is 17.2. The van der Waals surface area contributed by atoms with Gasteiger partial charge in [-0.1, -0.05) is 48.0 Å². The second-order valence-corrected chi connectivity index (χ2v) is 9.44. The Labute approximate surface area is 220 Å². The summed E-state index contributed by atoms with van der Waals surface area (Å²) in [5, 5.41) is 7.57. The van der Waals surface area contributed by atoms with Gasteiger partial charge in [0.2, 0.25) is 5.91 Å². The van der Waals surface area contributed by atoms with E-state index in [2.05, 4.69) is 15.6 Å². The average molecular weight is 517 g/mol. The third-order valence-corrected chi connectivity index (χ3v) is 6.97. The van der Waals surface area contributed by atoms with Crippen LogP contribution in [0.4, 0.5) is 5.69 Å². The van der Waals surface area contributed by atoms with Crippen LogP contribution in [0.15, 0.2) is 89.5 Å². The molecule has 4 aromatic rings. The van der Waals surface area contributed by atoms with Crippen molar-refractivity contribution in [3.05, 3.63) is 107 Å². The van der Waals surface area contributed by atoms with Gasteiger partial charge in [-0.3, -0.25) is 9.78 Å². The molecule has 1 saturated heterocycles. The molecule has 0 saturated carbocycles. The van der Waals surface area contributed by atoms with Crippen molar-refractivity contribution in [2.24, 2.45) is 0 Å². The number of carbonyl (C=O) groups is 1. The van der Waals surface area contributed by atoms with Gasteiger partial charge >= 0.3 is 0 Å². The zero-order valence-electron chi connectivity index (χ0n) is 19.6. The number of para-hydroxylation sites is 1. The maximum absolute atomic E-state index is 12.7. The lowest BCUT2D eigenvalue weighted by molar-refractivity contribution is -0.116. The fraction of sp³-hybridized carbons (Fsp3) is 0.179. The molecule has 8 heteroatoms. The molecule has 1 aliphatic rings. The number of rotatable bonds is 7. The van der Waals surface area contributed by atoms with Crippen molar-refractivity contribution < 1.29 is 9.21 Å². The zero-order chi connectivity index (χ0) is 25.1. The van der Waals surface area contributed by atoms with Crippen molar-refractivity contribution in [2.75, 3.05) is 11.9 Å². The van der Waals surface area contributed by atoms with Crippen molar-refractivity contribution in [1.82, 2.24) is 15.2 Å². The highest BCUT2D eigenvalue weighted by molar-refractivity contribution is 7.80. The van der Waals surface area contributed by atoms with E-state index >= 15 is 0 Å². The Bertz CT molecular complexity index is 1380. The number of halogens is 1. The van der Waals surface area contributed by atoms with Crippen LogP contribution in [0.5, 0.6) is 0 Å². The van der Waals surface area contributed by atoms with E-state index in [0.717, 1.165) is 28.3 Å². The van der Waals surface area contributed by atoms with Crippen LogP contribution in [0.3, 0.4) is 0 Å². The first kappa shape index (κ1) is 24.0. The van der Waals surface area contributed by atoms with Crippen LogP contribution in [0.2, 0.25) is 5.02 Å². The number of benzene rings is 2. The third-order valence-electron chi connectivity index (χ3n) is 6.21. The van der Waals surface area contributed by atoms with Gasteiger partial charge in [0.1, 0.15) is 17.6 Å². The standard InChI is InChI=1S/C28H25ClN4O2S/c1-18-10-11-19(17-21(18)29)23-12-13-24(35-23)27-26(22-9-5-6-15-30-22)32-28(36)33(27)16-14-25(34)31-20-7-3-2-4-8-20/h2-13,15,17,26-27H,14,16H2,1H3,(H,31,34)(H,32,36). The Morgan fingerprint density at radius 2 is 1.92 bits per heavy atom. The van der Waals surface area contributed by atoms with Crippen LogP contribution in [-0.4, -0.2) is 27.4 Å². The summed E-state index contributed by atoms with van der Waals surface area (Å²) in [6.45, 7) is 2.39. The summed E-state index contributed by atoms with van der Waals surface area (Å²) >= 11 is 12.1. The molecule has 1 amide bonds. The Morgan fingerprint density at radius 3 is 2.67 bits per heavy atom. The molecule has 0 radical (unpaired) electrons. The lowest BCUT2D eigenvalue weighted by Crippen LogP contribution is -2.32. The molecule has 0 aliphatic carbocycles. The summed E-state index contributed by atoms with van der Waals surface area (Å²) in [5.41, 5.74) is 3.51. The van der Waals surface area contributed by atoms with Crippen LogP contribution < -0.4 is 10.6 Å². The van der Waals surface area contributed by atoms with Crippen molar-refractivity contribution in [3.8, 4) is 11.3 Å². The molecular formula is C28H25ClN4O2S. The van der Waals surface area contributed by atoms with Gasteiger partial charge in [-0.15, -0.1) is 0 Å². The quantitative estimate of drug-likeness (QED) is 0.281. The molecule has 182 valence electrons.